The SMILES string of the molecule is Cc1ccc(NC(=O)CN2CCN(CCOc3ccccc3)CC2)cc1F. The monoisotopic (exact) mass is 371 g/mol. The first-order valence-electron chi connectivity index (χ1n) is 9.29. The van der Waals surface area contributed by atoms with Crippen LogP contribution in [0.3, 0.4) is 0 Å². The van der Waals surface area contributed by atoms with Gasteiger partial charge in [0, 0.05) is 38.4 Å². The van der Waals surface area contributed by atoms with Gasteiger partial charge >= 0.3 is 0 Å². The molecule has 27 heavy (non-hydrogen) atoms. The molecule has 1 saturated heterocycles. The molecule has 0 unspecified atom stereocenters. The van der Waals surface area contributed by atoms with Crippen molar-refractivity contribution in [3.8, 4) is 5.75 Å². The van der Waals surface area contributed by atoms with Gasteiger partial charge in [0.2, 0.25) is 5.91 Å². The molecule has 6 heteroatoms. The smallest absolute Gasteiger partial charge is 0.238 e. The highest BCUT2D eigenvalue weighted by molar-refractivity contribution is 5.92. The fourth-order valence-corrected chi connectivity index (χ4v) is 3.05. The summed E-state index contributed by atoms with van der Waals surface area (Å²) in [6.45, 7) is 7.04. The lowest BCUT2D eigenvalue weighted by Gasteiger charge is -2.34. The zero-order valence-corrected chi connectivity index (χ0v) is 15.7. The molecule has 0 atom stereocenters. The average Bonchev–Trinajstić information content (AvgIpc) is 2.67. The van der Waals surface area contributed by atoms with Crippen LogP contribution in [0.5, 0.6) is 5.75 Å². The number of benzene rings is 2. The highest BCUT2D eigenvalue weighted by Gasteiger charge is 2.19. The Labute approximate surface area is 159 Å². The van der Waals surface area contributed by atoms with Crippen LogP contribution in [0.4, 0.5) is 10.1 Å². The average molecular weight is 371 g/mol. The third-order valence-electron chi connectivity index (χ3n) is 4.71. The first kappa shape index (κ1) is 19.3. The zero-order valence-electron chi connectivity index (χ0n) is 15.7. The van der Waals surface area contributed by atoms with E-state index in [2.05, 4.69) is 15.1 Å². The lowest BCUT2D eigenvalue weighted by atomic mass is 10.2. The second kappa shape index (κ2) is 9.48. The van der Waals surface area contributed by atoms with Gasteiger partial charge < -0.3 is 10.1 Å². The molecule has 0 radical (unpaired) electrons. The Morgan fingerprint density at radius 2 is 1.78 bits per heavy atom. The van der Waals surface area contributed by atoms with E-state index in [9.17, 15) is 9.18 Å². The predicted molar refractivity (Wildman–Crippen MR) is 105 cm³/mol. The van der Waals surface area contributed by atoms with Crippen LogP contribution in [0.1, 0.15) is 5.56 Å². The topological polar surface area (TPSA) is 44.8 Å². The van der Waals surface area contributed by atoms with Crippen LogP contribution in [-0.2, 0) is 4.79 Å². The summed E-state index contributed by atoms with van der Waals surface area (Å²) in [5.41, 5.74) is 1.07. The van der Waals surface area contributed by atoms with Gasteiger partial charge in [0.05, 0.1) is 6.54 Å². The molecule has 2 aromatic carbocycles. The number of piperazine rings is 1. The second-order valence-electron chi connectivity index (χ2n) is 6.79. The highest BCUT2D eigenvalue weighted by atomic mass is 19.1. The van der Waals surface area contributed by atoms with E-state index in [1.807, 2.05) is 30.3 Å². The molecule has 144 valence electrons. The summed E-state index contributed by atoms with van der Waals surface area (Å²) in [4.78, 5) is 16.6. The molecular weight excluding hydrogens is 345 g/mol. The normalized spacial score (nSPS) is 15.5. The van der Waals surface area contributed by atoms with Crippen molar-refractivity contribution >= 4 is 11.6 Å². The molecule has 5 nitrogen and oxygen atoms in total. The lowest BCUT2D eigenvalue weighted by Crippen LogP contribution is -2.49. The fourth-order valence-electron chi connectivity index (χ4n) is 3.05. The van der Waals surface area contributed by atoms with Crippen LogP contribution in [0.2, 0.25) is 0 Å². The second-order valence-corrected chi connectivity index (χ2v) is 6.79. The zero-order chi connectivity index (χ0) is 19.1. The number of para-hydroxylation sites is 1. The number of nitrogens with zero attached hydrogens (tertiary/aromatic N) is 2. The van der Waals surface area contributed by atoms with E-state index in [0.29, 0.717) is 24.4 Å². The van der Waals surface area contributed by atoms with Gasteiger partial charge in [0.25, 0.3) is 0 Å². The fraction of sp³-hybridized carbons (Fsp3) is 0.381. The Kier molecular flexibility index (Phi) is 6.79. The first-order chi connectivity index (χ1) is 13.1. The summed E-state index contributed by atoms with van der Waals surface area (Å²) in [5.74, 6) is 0.471. The maximum Gasteiger partial charge on any atom is 0.238 e. The molecule has 0 spiro atoms. The number of anilines is 1. The van der Waals surface area contributed by atoms with Crippen LogP contribution in [0.15, 0.2) is 48.5 Å². The third kappa shape index (κ3) is 6.05. The Bertz CT molecular complexity index is 746. The van der Waals surface area contributed by atoms with Crippen LogP contribution in [0, 0.1) is 12.7 Å². The van der Waals surface area contributed by atoms with Crippen LogP contribution in [-0.4, -0.2) is 61.6 Å². The van der Waals surface area contributed by atoms with Crippen molar-refractivity contribution in [2.45, 2.75) is 6.92 Å². The molecule has 1 aliphatic heterocycles. The van der Waals surface area contributed by atoms with Crippen molar-refractivity contribution in [3.05, 3.63) is 59.9 Å². The van der Waals surface area contributed by atoms with Crippen LogP contribution in [0.25, 0.3) is 0 Å². The van der Waals surface area contributed by atoms with Crippen molar-refractivity contribution < 1.29 is 13.9 Å². The Morgan fingerprint density at radius 3 is 2.48 bits per heavy atom. The molecule has 1 heterocycles. The van der Waals surface area contributed by atoms with Crippen molar-refractivity contribution in [2.75, 3.05) is 51.2 Å². The Hall–Kier alpha value is -2.44. The number of amides is 1. The molecule has 0 aromatic heterocycles. The summed E-state index contributed by atoms with van der Waals surface area (Å²) < 4.78 is 19.3. The predicted octanol–water partition coefficient (Wildman–Crippen LogP) is 2.77. The molecule has 1 aliphatic rings. The van der Waals surface area contributed by atoms with Gasteiger partial charge in [-0.05, 0) is 36.8 Å². The quantitative estimate of drug-likeness (QED) is 0.813. The molecule has 0 aliphatic carbocycles. The summed E-state index contributed by atoms with van der Waals surface area (Å²) in [5, 5.41) is 2.77. The highest BCUT2D eigenvalue weighted by Crippen LogP contribution is 2.14. The van der Waals surface area contributed by atoms with Crippen molar-refractivity contribution in [2.24, 2.45) is 0 Å². The van der Waals surface area contributed by atoms with Crippen LogP contribution < -0.4 is 10.1 Å². The van der Waals surface area contributed by atoms with E-state index >= 15 is 0 Å². The molecule has 0 saturated carbocycles. The van der Waals surface area contributed by atoms with E-state index in [4.69, 9.17) is 4.74 Å². The maximum absolute atomic E-state index is 13.6. The number of carbonyl (C=O) groups is 1. The largest absolute Gasteiger partial charge is 0.492 e. The maximum atomic E-state index is 13.6. The van der Waals surface area contributed by atoms with E-state index in [1.165, 1.54) is 6.07 Å². The molecular formula is C21H26FN3O2. The molecule has 1 fully saturated rings. The van der Waals surface area contributed by atoms with Gasteiger partial charge in [0.1, 0.15) is 18.2 Å². The number of rotatable bonds is 7. The number of hydrogen-bond donors (Lipinski definition) is 1. The Balaban J connectivity index is 1.35. The van der Waals surface area contributed by atoms with E-state index < -0.39 is 0 Å². The minimum Gasteiger partial charge on any atom is -0.492 e. The summed E-state index contributed by atoms with van der Waals surface area (Å²) in [6.07, 6.45) is 0. The molecule has 1 amide bonds. The number of aryl methyl sites for hydroxylation is 1. The molecule has 2 aromatic rings. The number of nitrogens with one attached hydrogen (secondary N) is 1. The third-order valence-corrected chi connectivity index (χ3v) is 4.71. The number of hydrogen-bond acceptors (Lipinski definition) is 4. The Morgan fingerprint density at radius 1 is 1.07 bits per heavy atom. The summed E-state index contributed by atoms with van der Waals surface area (Å²) >= 11 is 0. The summed E-state index contributed by atoms with van der Waals surface area (Å²) in [6, 6.07) is 14.6. The van der Waals surface area contributed by atoms with Crippen LogP contribution >= 0.6 is 0 Å². The number of halogens is 1. The number of carbonyl (C=O) groups excluding carboxylic acids is 1. The molecule has 0 bridgehead atoms. The van der Waals surface area contributed by atoms with Crippen molar-refractivity contribution in [3.63, 3.8) is 0 Å². The minimum atomic E-state index is -0.306. The van der Waals surface area contributed by atoms with Crippen molar-refractivity contribution in [1.29, 1.82) is 0 Å². The van der Waals surface area contributed by atoms with Gasteiger partial charge in [-0.25, -0.2) is 4.39 Å². The van der Waals surface area contributed by atoms with E-state index in [1.54, 1.807) is 19.1 Å². The van der Waals surface area contributed by atoms with E-state index in [-0.39, 0.29) is 11.7 Å². The van der Waals surface area contributed by atoms with Gasteiger partial charge in [-0.3, -0.25) is 14.6 Å². The standard InChI is InChI=1S/C21H26FN3O2/c1-17-7-8-18(15-20(17)22)23-21(26)16-25-11-9-24(10-12-25)13-14-27-19-5-3-2-4-6-19/h2-8,15H,9-14,16H2,1H3,(H,23,26). The minimum absolute atomic E-state index is 0.112. The first-order valence-corrected chi connectivity index (χ1v) is 9.29. The van der Waals surface area contributed by atoms with E-state index in [0.717, 1.165) is 38.5 Å². The van der Waals surface area contributed by atoms with Gasteiger partial charge in [0.15, 0.2) is 0 Å². The molecule has 3 rings (SSSR count). The summed E-state index contributed by atoms with van der Waals surface area (Å²) in [7, 11) is 0. The van der Waals surface area contributed by atoms with Gasteiger partial charge in [-0.2, -0.15) is 0 Å². The lowest BCUT2D eigenvalue weighted by molar-refractivity contribution is -0.117. The van der Waals surface area contributed by atoms with Gasteiger partial charge in [-0.1, -0.05) is 24.3 Å². The molecule has 1 N–H and O–H groups in total. The van der Waals surface area contributed by atoms with Crippen molar-refractivity contribution in [1.82, 2.24) is 9.80 Å². The number of ether oxygens (including phenoxy) is 1. The van der Waals surface area contributed by atoms with Gasteiger partial charge in [-0.15, -0.1) is 0 Å².